The molecule has 0 fully saturated rings. The molecular weight excluding hydrogens is 224 g/mol. The summed E-state index contributed by atoms with van der Waals surface area (Å²) in [6, 6.07) is 6.19. The van der Waals surface area contributed by atoms with Crippen LogP contribution in [0.15, 0.2) is 30.6 Å². The molecule has 4 heteroatoms. The minimum atomic E-state index is 0.913. The van der Waals surface area contributed by atoms with E-state index in [9.17, 15) is 0 Å². The summed E-state index contributed by atoms with van der Waals surface area (Å²) >= 11 is 0. The van der Waals surface area contributed by atoms with Crippen LogP contribution in [0.25, 0.3) is 22.3 Å². The van der Waals surface area contributed by atoms with Gasteiger partial charge in [0, 0.05) is 24.5 Å². The lowest BCUT2D eigenvalue weighted by atomic mass is 10.1. The molecule has 3 aromatic rings. The van der Waals surface area contributed by atoms with Crippen molar-refractivity contribution in [2.75, 3.05) is 0 Å². The van der Waals surface area contributed by atoms with Crippen LogP contribution in [0.2, 0.25) is 0 Å². The SMILES string of the molecule is Cc1cnc(C)c(-c2ccc3c(cnn3C)n2)c1. The van der Waals surface area contributed by atoms with Crippen molar-refractivity contribution in [1.82, 2.24) is 19.7 Å². The predicted octanol–water partition coefficient (Wildman–Crippen LogP) is 2.65. The number of hydrogen-bond acceptors (Lipinski definition) is 3. The van der Waals surface area contributed by atoms with Crippen LogP contribution < -0.4 is 0 Å². The summed E-state index contributed by atoms with van der Waals surface area (Å²) in [5, 5.41) is 4.21. The smallest absolute Gasteiger partial charge is 0.109 e. The minimum Gasteiger partial charge on any atom is -0.266 e. The van der Waals surface area contributed by atoms with Crippen LogP contribution in [0.5, 0.6) is 0 Å². The highest BCUT2D eigenvalue weighted by Crippen LogP contribution is 2.23. The first-order valence-corrected chi connectivity index (χ1v) is 5.87. The van der Waals surface area contributed by atoms with E-state index in [-0.39, 0.29) is 0 Å². The van der Waals surface area contributed by atoms with Crippen molar-refractivity contribution in [3.05, 3.63) is 41.9 Å². The molecule has 0 aliphatic rings. The van der Waals surface area contributed by atoms with Gasteiger partial charge in [0.1, 0.15) is 5.52 Å². The van der Waals surface area contributed by atoms with Crippen LogP contribution in [0.3, 0.4) is 0 Å². The standard InChI is InChI=1S/C14H14N4/c1-9-6-11(10(2)15-7-9)12-4-5-14-13(17-12)8-16-18(14)3/h4-8H,1-3H3. The summed E-state index contributed by atoms with van der Waals surface area (Å²) in [5.74, 6) is 0. The molecule has 0 saturated carbocycles. The van der Waals surface area contributed by atoms with Crippen LogP contribution in [0, 0.1) is 13.8 Å². The second-order valence-corrected chi connectivity index (χ2v) is 4.51. The topological polar surface area (TPSA) is 43.6 Å². The molecule has 0 spiro atoms. The van der Waals surface area contributed by atoms with Gasteiger partial charge in [-0.25, -0.2) is 4.98 Å². The van der Waals surface area contributed by atoms with Crippen molar-refractivity contribution in [3.63, 3.8) is 0 Å². The van der Waals surface area contributed by atoms with E-state index < -0.39 is 0 Å². The van der Waals surface area contributed by atoms with E-state index in [1.54, 1.807) is 6.20 Å². The van der Waals surface area contributed by atoms with Crippen molar-refractivity contribution < 1.29 is 0 Å². The second kappa shape index (κ2) is 3.91. The summed E-state index contributed by atoms with van der Waals surface area (Å²) in [7, 11) is 1.92. The Kier molecular flexibility index (Phi) is 2.37. The van der Waals surface area contributed by atoms with Crippen molar-refractivity contribution >= 4 is 11.0 Å². The van der Waals surface area contributed by atoms with Gasteiger partial charge in [0.05, 0.1) is 17.4 Å². The third-order valence-corrected chi connectivity index (χ3v) is 3.10. The van der Waals surface area contributed by atoms with Crippen molar-refractivity contribution in [2.24, 2.45) is 7.05 Å². The monoisotopic (exact) mass is 238 g/mol. The molecule has 3 heterocycles. The number of hydrogen-bond donors (Lipinski definition) is 0. The van der Waals surface area contributed by atoms with Crippen LogP contribution in [-0.2, 0) is 7.05 Å². The molecule has 0 aliphatic heterocycles. The van der Waals surface area contributed by atoms with E-state index in [1.807, 2.05) is 43.9 Å². The van der Waals surface area contributed by atoms with Gasteiger partial charge in [0.25, 0.3) is 0 Å². The molecule has 0 aromatic carbocycles. The van der Waals surface area contributed by atoms with E-state index in [0.29, 0.717) is 0 Å². The van der Waals surface area contributed by atoms with Crippen LogP contribution in [0.4, 0.5) is 0 Å². The van der Waals surface area contributed by atoms with E-state index >= 15 is 0 Å². The van der Waals surface area contributed by atoms with Crippen LogP contribution >= 0.6 is 0 Å². The Bertz CT molecular complexity index is 728. The Labute approximate surface area is 105 Å². The van der Waals surface area contributed by atoms with E-state index in [1.165, 1.54) is 0 Å². The highest BCUT2D eigenvalue weighted by Gasteiger charge is 2.07. The Balaban J connectivity index is 2.22. The minimum absolute atomic E-state index is 0.913. The van der Waals surface area contributed by atoms with Gasteiger partial charge in [0.15, 0.2) is 0 Å². The average Bonchev–Trinajstić information content (AvgIpc) is 2.74. The lowest BCUT2D eigenvalue weighted by Gasteiger charge is -2.05. The molecule has 0 bridgehead atoms. The lowest BCUT2D eigenvalue weighted by molar-refractivity contribution is 0.797. The molecule has 3 aromatic heterocycles. The van der Waals surface area contributed by atoms with Crippen LogP contribution in [-0.4, -0.2) is 19.7 Å². The summed E-state index contributed by atoms with van der Waals surface area (Å²) < 4.78 is 1.83. The summed E-state index contributed by atoms with van der Waals surface area (Å²) in [6.45, 7) is 4.04. The number of aryl methyl sites for hydroxylation is 3. The molecule has 0 unspecified atom stereocenters. The van der Waals surface area contributed by atoms with Gasteiger partial charge >= 0.3 is 0 Å². The maximum Gasteiger partial charge on any atom is 0.109 e. The third kappa shape index (κ3) is 1.66. The van der Waals surface area contributed by atoms with Crippen molar-refractivity contribution in [1.29, 1.82) is 0 Å². The Morgan fingerprint density at radius 2 is 1.94 bits per heavy atom. The molecule has 0 radical (unpaired) electrons. The number of aromatic nitrogens is 4. The first-order chi connectivity index (χ1) is 8.65. The zero-order valence-electron chi connectivity index (χ0n) is 10.7. The zero-order chi connectivity index (χ0) is 12.7. The maximum absolute atomic E-state index is 4.64. The molecule has 0 atom stereocenters. The molecule has 4 nitrogen and oxygen atoms in total. The Morgan fingerprint density at radius 3 is 2.78 bits per heavy atom. The van der Waals surface area contributed by atoms with Crippen LogP contribution in [0.1, 0.15) is 11.3 Å². The molecule has 0 aliphatic carbocycles. The highest BCUT2D eigenvalue weighted by atomic mass is 15.3. The van der Waals surface area contributed by atoms with Gasteiger partial charge in [-0.05, 0) is 37.6 Å². The van der Waals surface area contributed by atoms with E-state index in [4.69, 9.17) is 0 Å². The molecule has 18 heavy (non-hydrogen) atoms. The summed E-state index contributed by atoms with van der Waals surface area (Å²) in [5.41, 5.74) is 6.12. The molecule has 0 N–H and O–H groups in total. The summed E-state index contributed by atoms with van der Waals surface area (Å²) in [4.78, 5) is 9.02. The van der Waals surface area contributed by atoms with E-state index in [2.05, 4.69) is 21.1 Å². The third-order valence-electron chi connectivity index (χ3n) is 3.10. The van der Waals surface area contributed by atoms with Gasteiger partial charge in [-0.3, -0.25) is 9.67 Å². The molecule has 0 saturated heterocycles. The fourth-order valence-corrected chi connectivity index (χ4v) is 2.09. The number of nitrogens with zero attached hydrogens (tertiary/aromatic N) is 4. The molecule has 0 amide bonds. The fourth-order valence-electron chi connectivity index (χ4n) is 2.09. The Morgan fingerprint density at radius 1 is 1.11 bits per heavy atom. The van der Waals surface area contributed by atoms with Gasteiger partial charge < -0.3 is 0 Å². The number of pyridine rings is 2. The van der Waals surface area contributed by atoms with Crippen molar-refractivity contribution in [3.8, 4) is 11.3 Å². The van der Waals surface area contributed by atoms with Gasteiger partial charge in [-0.1, -0.05) is 0 Å². The lowest BCUT2D eigenvalue weighted by Crippen LogP contribution is -1.93. The molecule has 90 valence electrons. The first kappa shape index (κ1) is 10.9. The largest absolute Gasteiger partial charge is 0.266 e. The fraction of sp³-hybridized carbons (Fsp3) is 0.214. The first-order valence-electron chi connectivity index (χ1n) is 5.87. The quantitative estimate of drug-likeness (QED) is 0.654. The second-order valence-electron chi connectivity index (χ2n) is 4.51. The number of rotatable bonds is 1. The highest BCUT2D eigenvalue weighted by molar-refractivity contribution is 5.78. The summed E-state index contributed by atoms with van der Waals surface area (Å²) in [6.07, 6.45) is 3.67. The predicted molar refractivity (Wildman–Crippen MR) is 71.2 cm³/mol. The van der Waals surface area contributed by atoms with E-state index in [0.717, 1.165) is 33.5 Å². The molecular formula is C14H14N4. The Hall–Kier alpha value is -2.23. The van der Waals surface area contributed by atoms with Crippen molar-refractivity contribution in [2.45, 2.75) is 13.8 Å². The molecule has 3 rings (SSSR count). The van der Waals surface area contributed by atoms with Gasteiger partial charge in [0.2, 0.25) is 0 Å². The maximum atomic E-state index is 4.64. The average molecular weight is 238 g/mol. The number of fused-ring (bicyclic) bond motifs is 1. The normalized spacial score (nSPS) is 11.1. The van der Waals surface area contributed by atoms with Gasteiger partial charge in [-0.15, -0.1) is 0 Å². The van der Waals surface area contributed by atoms with Gasteiger partial charge in [-0.2, -0.15) is 5.10 Å². The zero-order valence-corrected chi connectivity index (χ0v) is 10.7.